The Morgan fingerprint density at radius 3 is 2.40 bits per heavy atom. The summed E-state index contributed by atoms with van der Waals surface area (Å²) in [4.78, 5) is 11.7. The van der Waals surface area contributed by atoms with Gasteiger partial charge in [-0.25, -0.2) is 9.18 Å². The summed E-state index contributed by atoms with van der Waals surface area (Å²) < 4.78 is 18.5. The molecular weight excluding hydrogens is 261 g/mol. The molecule has 0 unspecified atom stereocenters. The lowest BCUT2D eigenvalue weighted by Gasteiger charge is -2.07. The van der Waals surface area contributed by atoms with E-state index >= 15 is 0 Å². The van der Waals surface area contributed by atoms with Crippen molar-refractivity contribution in [2.75, 3.05) is 5.73 Å². The van der Waals surface area contributed by atoms with Crippen LogP contribution in [0.15, 0.2) is 42.5 Å². The predicted octanol–water partition coefficient (Wildman–Crippen LogP) is 2.26. The van der Waals surface area contributed by atoms with Crippen LogP contribution in [0, 0.1) is 5.82 Å². The summed E-state index contributed by atoms with van der Waals surface area (Å²) in [5.41, 5.74) is 7.03. The molecule has 4 nitrogen and oxygen atoms in total. The van der Waals surface area contributed by atoms with E-state index in [1.54, 1.807) is 24.3 Å². The Balaban J connectivity index is 2.00. The van der Waals surface area contributed by atoms with Crippen molar-refractivity contribution in [3.05, 3.63) is 65.0 Å². The van der Waals surface area contributed by atoms with Crippen molar-refractivity contribution in [1.29, 1.82) is 0 Å². The third kappa shape index (κ3) is 3.33. The molecule has 0 saturated carbocycles. The minimum atomic E-state index is -0.742. The van der Waals surface area contributed by atoms with Crippen LogP contribution in [0.1, 0.15) is 21.5 Å². The number of carbonyl (C=O) groups is 1. The van der Waals surface area contributed by atoms with Crippen LogP contribution in [0.25, 0.3) is 0 Å². The zero-order valence-corrected chi connectivity index (χ0v) is 10.7. The van der Waals surface area contributed by atoms with E-state index in [4.69, 9.17) is 15.6 Å². The molecule has 0 aliphatic carbocycles. The largest absolute Gasteiger partial charge is 0.457 e. The van der Waals surface area contributed by atoms with Crippen molar-refractivity contribution >= 4 is 11.7 Å². The highest BCUT2D eigenvalue weighted by Crippen LogP contribution is 2.14. The number of hydrogen-bond acceptors (Lipinski definition) is 4. The molecule has 0 spiro atoms. The average Bonchev–Trinajstić information content (AvgIpc) is 2.45. The Morgan fingerprint density at radius 1 is 1.15 bits per heavy atom. The second kappa shape index (κ2) is 6.16. The van der Waals surface area contributed by atoms with E-state index < -0.39 is 11.8 Å². The third-order valence-corrected chi connectivity index (χ3v) is 2.79. The molecule has 2 aromatic carbocycles. The lowest BCUT2D eigenvalue weighted by molar-refractivity contribution is 0.0467. The van der Waals surface area contributed by atoms with Gasteiger partial charge in [0.15, 0.2) is 0 Å². The number of carbonyl (C=O) groups excluding carboxylic acids is 1. The monoisotopic (exact) mass is 275 g/mol. The fourth-order valence-electron chi connectivity index (χ4n) is 1.66. The summed E-state index contributed by atoms with van der Waals surface area (Å²) in [7, 11) is 0. The first-order valence-electron chi connectivity index (χ1n) is 6.01. The van der Waals surface area contributed by atoms with E-state index in [1.165, 1.54) is 12.1 Å². The van der Waals surface area contributed by atoms with Gasteiger partial charge in [-0.2, -0.15) is 0 Å². The number of esters is 1. The molecule has 5 heteroatoms. The quantitative estimate of drug-likeness (QED) is 0.663. The number of aliphatic hydroxyl groups excluding tert-OH is 1. The van der Waals surface area contributed by atoms with Crippen LogP contribution >= 0.6 is 0 Å². The molecule has 0 aliphatic rings. The van der Waals surface area contributed by atoms with E-state index in [0.29, 0.717) is 0 Å². The van der Waals surface area contributed by atoms with E-state index in [9.17, 15) is 9.18 Å². The summed E-state index contributed by atoms with van der Waals surface area (Å²) in [6, 6.07) is 10.7. The van der Waals surface area contributed by atoms with Crippen molar-refractivity contribution in [3.8, 4) is 0 Å². The van der Waals surface area contributed by atoms with Crippen molar-refractivity contribution in [2.24, 2.45) is 0 Å². The third-order valence-electron chi connectivity index (χ3n) is 2.79. The second-order valence-corrected chi connectivity index (χ2v) is 4.29. The maximum absolute atomic E-state index is 13.5. The first-order valence-corrected chi connectivity index (χ1v) is 6.01. The summed E-state index contributed by atoms with van der Waals surface area (Å²) in [6.45, 7) is -0.00885. The number of nitrogen functional groups attached to an aromatic ring is 1. The minimum absolute atomic E-state index is 0.0361. The molecule has 0 heterocycles. The number of nitrogens with two attached hydrogens (primary N) is 1. The highest BCUT2D eigenvalue weighted by molar-refractivity contribution is 5.90. The van der Waals surface area contributed by atoms with Crippen molar-refractivity contribution in [2.45, 2.75) is 13.2 Å². The SMILES string of the molecule is Nc1ccc(C(=O)OCc2ccc(CO)cc2)c(F)c1. The first kappa shape index (κ1) is 14.0. The molecule has 0 atom stereocenters. The van der Waals surface area contributed by atoms with Gasteiger partial charge in [-0.15, -0.1) is 0 Å². The standard InChI is InChI=1S/C15H14FNO3/c16-14-7-12(17)5-6-13(14)15(19)20-9-11-3-1-10(8-18)2-4-11/h1-7,18H,8-9,17H2. The van der Waals surface area contributed by atoms with Gasteiger partial charge in [0.1, 0.15) is 12.4 Å². The van der Waals surface area contributed by atoms with Gasteiger partial charge < -0.3 is 15.6 Å². The molecule has 0 aliphatic heterocycles. The van der Waals surface area contributed by atoms with Gasteiger partial charge in [0.25, 0.3) is 0 Å². The van der Waals surface area contributed by atoms with Gasteiger partial charge in [0.05, 0.1) is 12.2 Å². The highest BCUT2D eigenvalue weighted by atomic mass is 19.1. The number of halogens is 1. The summed E-state index contributed by atoms with van der Waals surface area (Å²) >= 11 is 0. The van der Waals surface area contributed by atoms with Gasteiger partial charge in [0.2, 0.25) is 0 Å². The summed E-state index contributed by atoms with van der Waals surface area (Å²) in [5, 5.41) is 8.91. The number of hydrogen-bond donors (Lipinski definition) is 2. The van der Waals surface area contributed by atoms with Crippen LogP contribution in [-0.4, -0.2) is 11.1 Å². The van der Waals surface area contributed by atoms with Gasteiger partial charge in [-0.05, 0) is 29.3 Å². The highest BCUT2D eigenvalue weighted by Gasteiger charge is 2.13. The topological polar surface area (TPSA) is 72.6 Å². The zero-order chi connectivity index (χ0) is 14.5. The normalized spacial score (nSPS) is 10.3. The van der Waals surface area contributed by atoms with Gasteiger partial charge >= 0.3 is 5.97 Å². The minimum Gasteiger partial charge on any atom is -0.457 e. The number of benzene rings is 2. The number of anilines is 1. The first-order chi connectivity index (χ1) is 9.60. The molecule has 2 aromatic rings. The molecule has 0 fully saturated rings. The molecule has 0 amide bonds. The molecule has 3 N–H and O–H groups in total. The zero-order valence-electron chi connectivity index (χ0n) is 10.7. The maximum Gasteiger partial charge on any atom is 0.341 e. The maximum atomic E-state index is 13.5. The van der Waals surface area contributed by atoms with E-state index in [1.807, 2.05) is 0 Å². The number of ether oxygens (including phenoxy) is 1. The van der Waals surface area contributed by atoms with Crippen molar-refractivity contribution < 1.29 is 19.0 Å². The average molecular weight is 275 g/mol. The molecule has 0 radical (unpaired) electrons. The van der Waals surface area contributed by atoms with Gasteiger partial charge in [-0.1, -0.05) is 24.3 Å². The Morgan fingerprint density at radius 2 is 1.80 bits per heavy atom. The number of aliphatic hydroxyl groups is 1. The predicted molar refractivity (Wildman–Crippen MR) is 72.3 cm³/mol. The van der Waals surface area contributed by atoms with Crippen LogP contribution < -0.4 is 5.73 Å². The fourth-order valence-corrected chi connectivity index (χ4v) is 1.66. The van der Waals surface area contributed by atoms with Gasteiger partial charge in [-0.3, -0.25) is 0 Å². The molecular formula is C15H14FNO3. The van der Waals surface area contributed by atoms with E-state index in [2.05, 4.69) is 0 Å². The van der Waals surface area contributed by atoms with E-state index in [0.717, 1.165) is 17.2 Å². The molecule has 0 saturated heterocycles. The Hall–Kier alpha value is -2.40. The Kier molecular flexibility index (Phi) is 4.32. The number of rotatable bonds is 4. The summed E-state index contributed by atoms with van der Waals surface area (Å²) in [5.74, 6) is -1.45. The van der Waals surface area contributed by atoms with Crippen LogP contribution in [-0.2, 0) is 18.0 Å². The molecule has 104 valence electrons. The second-order valence-electron chi connectivity index (χ2n) is 4.29. The van der Waals surface area contributed by atoms with E-state index in [-0.39, 0.29) is 24.5 Å². The van der Waals surface area contributed by atoms with Gasteiger partial charge in [0, 0.05) is 5.69 Å². The molecule has 20 heavy (non-hydrogen) atoms. The fraction of sp³-hybridized carbons (Fsp3) is 0.133. The lowest BCUT2D eigenvalue weighted by Crippen LogP contribution is -2.08. The van der Waals surface area contributed by atoms with Crippen LogP contribution in [0.3, 0.4) is 0 Å². The van der Waals surface area contributed by atoms with Crippen LogP contribution in [0.4, 0.5) is 10.1 Å². The Labute approximate surface area is 115 Å². The van der Waals surface area contributed by atoms with Crippen LogP contribution in [0.5, 0.6) is 0 Å². The Bertz CT molecular complexity index is 611. The summed E-state index contributed by atoms with van der Waals surface area (Å²) in [6.07, 6.45) is 0. The lowest BCUT2D eigenvalue weighted by atomic mass is 10.1. The molecule has 0 aromatic heterocycles. The van der Waals surface area contributed by atoms with Crippen LogP contribution in [0.2, 0.25) is 0 Å². The molecule has 2 rings (SSSR count). The smallest absolute Gasteiger partial charge is 0.341 e. The van der Waals surface area contributed by atoms with Crippen molar-refractivity contribution in [3.63, 3.8) is 0 Å². The molecule has 0 bridgehead atoms. The van der Waals surface area contributed by atoms with Crippen molar-refractivity contribution in [1.82, 2.24) is 0 Å².